The number of nitrogens with zero attached hydrogens (tertiary/aromatic N) is 4. The molecule has 0 N–H and O–H groups in total. The van der Waals surface area contributed by atoms with Gasteiger partial charge >= 0.3 is 0 Å². The maximum absolute atomic E-state index is 12.4. The van der Waals surface area contributed by atoms with Crippen LogP contribution in [0.5, 0.6) is 0 Å². The summed E-state index contributed by atoms with van der Waals surface area (Å²) in [6, 6.07) is 11.7. The minimum absolute atomic E-state index is 0.0211. The zero-order valence-corrected chi connectivity index (χ0v) is 16.9. The summed E-state index contributed by atoms with van der Waals surface area (Å²) in [6.07, 6.45) is 1.70. The van der Waals surface area contributed by atoms with E-state index in [-0.39, 0.29) is 5.91 Å². The molecule has 1 aromatic carbocycles. The fraction of sp³-hybridized carbons (Fsp3) is 0.409. The average Bonchev–Trinajstić information content (AvgIpc) is 3.38. The number of carbonyl (C=O) groups excluding carboxylic acids is 1. The van der Waals surface area contributed by atoms with E-state index in [9.17, 15) is 4.79 Å². The van der Waals surface area contributed by atoms with E-state index in [1.807, 2.05) is 42.2 Å². The van der Waals surface area contributed by atoms with Crippen LogP contribution in [-0.2, 0) is 6.42 Å². The minimum atomic E-state index is -0.0211. The van der Waals surface area contributed by atoms with Crippen LogP contribution in [-0.4, -0.2) is 58.6 Å². The van der Waals surface area contributed by atoms with E-state index in [1.165, 1.54) is 5.56 Å². The second-order valence-corrected chi connectivity index (χ2v) is 7.53. The molecule has 4 rings (SSSR count). The number of aromatic nitrogens is 2. The first-order valence-corrected chi connectivity index (χ1v) is 10.1. The number of carbonyl (C=O) groups is 1. The van der Waals surface area contributed by atoms with Gasteiger partial charge < -0.3 is 13.8 Å². The van der Waals surface area contributed by atoms with Crippen LogP contribution in [0.2, 0.25) is 0 Å². The summed E-state index contributed by atoms with van der Waals surface area (Å²) in [5, 5.41) is 4.09. The van der Waals surface area contributed by atoms with Crippen LogP contribution < -0.4 is 0 Å². The largest absolute Gasteiger partial charge is 0.456 e. The summed E-state index contributed by atoms with van der Waals surface area (Å²) in [7, 11) is 0. The van der Waals surface area contributed by atoms with Crippen LogP contribution in [0, 0.1) is 13.8 Å². The molecular formula is C22H26N4O3. The van der Waals surface area contributed by atoms with Gasteiger partial charge in [0.05, 0.1) is 0 Å². The number of rotatable bonds is 6. The molecule has 0 atom stereocenters. The van der Waals surface area contributed by atoms with Gasteiger partial charge in [0.1, 0.15) is 5.76 Å². The number of furan rings is 1. The van der Waals surface area contributed by atoms with E-state index < -0.39 is 0 Å². The zero-order valence-electron chi connectivity index (χ0n) is 16.9. The van der Waals surface area contributed by atoms with Crippen molar-refractivity contribution in [3.8, 4) is 11.4 Å². The predicted octanol–water partition coefficient (Wildman–Crippen LogP) is 3.34. The van der Waals surface area contributed by atoms with Crippen LogP contribution in [0.25, 0.3) is 11.4 Å². The Kier molecular flexibility index (Phi) is 5.76. The Balaban J connectivity index is 1.21. The minimum Gasteiger partial charge on any atom is -0.456 e. The molecule has 0 unspecified atom stereocenters. The molecule has 1 aliphatic heterocycles. The molecule has 0 radical (unpaired) electrons. The van der Waals surface area contributed by atoms with Crippen LogP contribution in [0.15, 0.2) is 45.3 Å². The summed E-state index contributed by atoms with van der Waals surface area (Å²) in [5.74, 6) is 2.48. The Bertz CT molecular complexity index is 953. The van der Waals surface area contributed by atoms with Crippen molar-refractivity contribution in [2.75, 3.05) is 32.7 Å². The van der Waals surface area contributed by atoms with Crippen molar-refractivity contribution >= 4 is 5.91 Å². The Morgan fingerprint density at radius 2 is 1.79 bits per heavy atom. The summed E-state index contributed by atoms with van der Waals surface area (Å²) in [5.41, 5.74) is 2.18. The van der Waals surface area contributed by atoms with Crippen molar-refractivity contribution < 1.29 is 13.7 Å². The van der Waals surface area contributed by atoms with Gasteiger partial charge in [-0.1, -0.05) is 35.0 Å². The summed E-state index contributed by atoms with van der Waals surface area (Å²) in [4.78, 5) is 21.2. The first-order chi connectivity index (χ1) is 14.1. The molecule has 3 heterocycles. The van der Waals surface area contributed by atoms with Crippen LogP contribution >= 0.6 is 0 Å². The highest BCUT2D eigenvalue weighted by molar-refractivity contribution is 5.91. The molecule has 2 aromatic heterocycles. The molecule has 1 amide bonds. The molecule has 1 aliphatic rings. The maximum atomic E-state index is 12.4. The summed E-state index contributed by atoms with van der Waals surface area (Å²) < 4.78 is 10.8. The highest BCUT2D eigenvalue weighted by Crippen LogP contribution is 2.17. The smallest absolute Gasteiger partial charge is 0.289 e. The second kappa shape index (κ2) is 8.61. The third kappa shape index (κ3) is 4.74. The Hall–Kier alpha value is -2.93. The molecule has 152 valence electrons. The Morgan fingerprint density at radius 1 is 1.03 bits per heavy atom. The normalized spacial score (nSPS) is 15.0. The van der Waals surface area contributed by atoms with Crippen molar-refractivity contribution in [1.82, 2.24) is 19.9 Å². The molecule has 0 bridgehead atoms. The molecule has 1 fully saturated rings. The van der Waals surface area contributed by atoms with Crippen molar-refractivity contribution in [3.05, 3.63) is 59.4 Å². The maximum Gasteiger partial charge on any atom is 0.289 e. The van der Waals surface area contributed by atoms with Crippen molar-refractivity contribution in [1.29, 1.82) is 0 Å². The molecular weight excluding hydrogens is 368 g/mol. The molecule has 7 nitrogen and oxygen atoms in total. The van der Waals surface area contributed by atoms with Gasteiger partial charge in [-0.15, -0.1) is 0 Å². The van der Waals surface area contributed by atoms with Crippen molar-refractivity contribution in [2.45, 2.75) is 26.7 Å². The topological polar surface area (TPSA) is 75.6 Å². The number of piperazine rings is 1. The number of amides is 1. The molecule has 0 saturated carbocycles. The third-order valence-corrected chi connectivity index (χ3v) is 5.25. The zero-order chi connectivity index (χ0) is 20.2. The van der Waals surface area contributed by atoms with E-state index in [0.717, 1.165) is 56.9 Å². The molecule has 0 spiro atoms. The van der Waals surface area contributed by atoms with Crippen molar-refractivity contribution in [3.63, 3.8) is 0 Å². The van der Waals surface area contributed by atoms with E-state index in [1.54, 1.807) is 6.07 Å². The van der Waals surface area contributed by atoms with E-state index in [0.29, 0.717) is 17.5 Å². The Labute approximate surface area is 170 Å². The standard InChI is InChI=1S/C22H26N4O3/c1-16-5-8-18(9-6-16)21-23-20(29-24-21)4-3-11-25-12-14-26(15-13-25)22(27)19-10-7-17(2)28-19/h5-10H,3-4,11-15H2,1-2H3. The van der Waals surface area contributed by atoms with Gasteiger partial charge in [0.2, 0.25) is 11.7 Å². The fourth-order valence-corrected chi connectivity index (χ4v) is 3.51. The van der Waals surface area contributed by atoms with Crippen LogP contribution in [0.1, 0.15) is 34.2 Å². The lowest BCUT2D eigenvalue weighted by Gasteiger charge is -2.34. The van der Waals surface area contributed by atoms with E-state index in [4.69, 9.17) is 8.94 Å². The number of benzene rings is 1. The molecule has 3 aromatic rings. The quantitative estimate of drug-likeness (QED) is 0.638. The van der Waals surface area contributed by atoms with Gasteiger partial charge in [0, 0.05) is 38.2 Å². The van der Waals surface area contributed by atoms with E-state index in [2.05, 4.69) is 22.0 Å². The van der Waals surface area contributed by atoms with Gasteiger partial charge in [-0.2, -0.15) is 4.98 Å². The van der Waals surface area contributed by atoms with Gasteiger partial charge in [0.15, 0.2) is 5.76 Å². The number of hydrogen-bond acceptors (Lipinski definition) is 6. The first-order valence-electron chi connectivity index (χ1n) is 10.1. The lowest BCUT2D eigenvalue weighted by atomic mass is 10.1. The predicted molar refractivity (Wildman–Crippen MR) is 109 cm³/mol. The van der Waals surface area contributed by atoms with E-state index >= 15 is 0 Å². The summed E-state index contributed by atoms with van der Waals surface area (Å²) >= 11 is 0. The van der Waals surface area contributed by atoms with Gasteiger partial charge in [-0.05, 0) is 38.9 Å². The van der Waals surface area contributed by atoms with Gasteiger partial charge in [-0.3, -0.25) is 9.69 Å². The fourth-order valence-electron chi connectivity index (χ4n) is 3.51. The number of aryl methyl sites for hydroxylation is 3. The summed E-state index contributed by atoms with van der Waals surface area (Å²) in [6.45, 7) is 8.02. The highest BCUT2D eigenvalue weighted by Gasteiger charge is 2.23. The second-order valence-electron chi connectivity index (χ2n) is 7.53. The van der Waals surface area contributed by atoms with Crippen LogP contribution in [0.4, 0.5) is 0 Å². The van der Waals surface area contributed by atoms with Gasteiger partial charge in [-0.25, -0.2) is 0 Å². The van der Waals surface area contributed by atoms with Crippen LogP contribution in [0.3, 0.4) is 0 Å². The highest BCUT2D eigenvalue weighted by atomic mass is 16.5. The Morgan fingerprint density at radius 3 is 2.48 bits per heavy atom. The monoisotopic (exact) mass is 394 g/mol. The first kappa shape index (κ1) is 19.4. The molecule has 0 aliphatic carbocycles. The SMILES string of the molecule is Cc1ccc(-c2noc(CCCN3CCN(C(=O)c4ccc(C)o4)CC3)n2)cc1. The lowest BCUT2D eigenvalue weighted by molar-refractivity contribution is 0.0603. The van der Waals surface area contributed by atoms with Crippen molar-refractivity contribution in [2.24, 2.45) is 0 Å². The average molecular weight is 394 g/mol. The number of hydrogen-bond donors (Lipinski definition) is 0. The molecule has 7 heteroatoms. The third-order valence-electron chi connectivity index (χ3n) is 5.25. The van der Waals surface area contributed by atoms with Gasteiger partial charge in [0.25, 0.3) is 5.91 Å². The molecule has 1 saturated heterocycles. The lowest BCUT2D eigenvalue weighted by Crippen LogP contribution is -2.48. The molecule has 29 heavy (non-hydrogen) atoms.